The Kier molecular flexibility index (Phi) is 3.27. The zero-order valence-electron chi connectivity index (χ0n) is 8.96. The van der Waals surface area contributed by atoms with Crippen LogP contribution in [0.4, 0.5) is 0 Å². The van der Waals surface area contributed by atoms with Gasteiger partial charge < -0.3 is 5.73 Å². The smallest absolute Gasteiger partial charge is 0.260 e. The van der Waals surface area contributed by atoms with Crippen LogP contribution in [0.25, 0.3) is 0 Å². The number of rotatable bonds is 3. The molecule has 6 nitrogen and oxygen atoms in total. The lowest BCUT2D eigenvalue weighted by atomic mass is 10.1. The molecule has 1 aliphatic rings. The third-order valence-corrected chi connectivity index (χ3v) is 4.79. The molecule has 90 valence electrons. The molecule has 1 atom stereocenters. The zero-order valence-corrected chi connectivity index (χ0v) is 9.78. The predicted molar refractivity (Wildman–Crippen MR) is 59.2 cm³/mol. The van der Waals surface area contributed by atoms with Crippen LogP contribution < -0.4 is 5.73 Å². The molecule has 0 aromatic carbocycles. The van der Waals surface area contributed by atoms with Crippen LogP contribution in [0.5, 0.6) is 0 Å². The number of nitrogens with zero attached hydrogens (tertiary/aromatic N) is 2. The minimum atomic E-state index is -3.44. The molecule has 3 N–H and O–H groups in total. The Labute approximate surface area is 94.9 Å². The van der Waals surface area contributed by atoms with E-state index in [2.05, 4.69) is 10.2 Å². The van der Waals surface area contributed by atoms with Crippen molar-refractivity contribution >= 4 is 10.0 Å². The Balaban J connectivity index is 2.28. The van der Waals surface area contributed by atoms with E-state index in [1.807, 2.05) is 0 Å². The fourth-order valence-electron chi connectivity index (χ4n) is 2.04. The molecule has 0 bridgehead atoms. The Morgan fingerprint density at radius 2 is 2.38 bits per heavy atom. The number of nitrogens with two attached hydrogens (primary N) is 1. The van der Waals surface area contributed by atoms with E-state index >= 15 is 0 Å². The average Bonchev–Trinajstić information content (AvgIpc) is 2.83. The summed E-state index contributed by atoms with van der Waals surface area (Å²) in [6, 6.07) is 1.39. The average molecular weight is 244 g/mol. The first-order valence-electron chi connectivity index (χ1n) is 5.37. The summed E-state index contributed by atoms with van der Waals surface area (Å²) in [4.78, 5) is 0. The van der Waals surface area contributed by atoms with Crippen molar-refractivity contribution in [3.05, 3.63) is 12.3 Å². The highest BCUT2D eigenvalue weighted by Crippen LogP contribution is 2.23. The summed E-state index contributed by atoms with van der Waals surface area (Å²) < 4.78 is 25.9. The molecular formula is C9H16N4O2S. The van der Waals surface area contributed by atoms with Crippen molar-refractivity contribution in [2.24, 2.45) is 5.73 Å². The van der Waals surface area contributed by atoms with Crippen molar-refractivity contribution < 1.29 is 8.42 Å². The Morgan fingerprint density at radius 3 is 3.00 bits per heavy atom. The summed E-state index contributed by atoms with van der Waals surface area (Å²) in [6.07, 6.45) is 4.21. The minimum absolute atomic E-state index is 0.0814. The molecule has 1 aliphatic heterocycles. The maximum atomic E-state index is 12.2. The maximum absolute atomic E-state index is 12.2. The number of hydrogen-bond acceptors (Lipinski definition) is 4. The minimum Gasteiger partial charge on any atom is -0.329 e. The van der Waals surface area contributed by atoms with Crippen LogP contribution in [0.3, 0.4) is 0 Å². The van der Waals surface area contributed by atoms with Crippen molar-refractivity contribution in [1.29, 1.82) is 0 Å². The van der Waals surface area contributed by atoms with Crippen LogP contribution in [0.2, 0.25) is 0 Å². The van der Waals surface area contributed by atoms with E-state index in [0.29, 0.717) is 13.1 Å². The Hall–Kier alpha value is -0.920. The van der Waals surface area contributed by atoms with Crippen molar-refractivity contribution in [2.75, 3.05) is 13.1 Å². The SMILES string of the molecule is NCC1CCCCN1S(=O)(=O)c1ccn[nH]1. The van der Waals surface area contributed by atoms with Crippen LogP contribution in [0.15, 0.2) is 17.3 Å². The molecule has 1 fully saturated rings. The lowest BCUT2D eigenvalue weighted by Gasteiger charge is -2.33. The first-order chi connectivity index (χ1) is 7.66. The third kappa shape index (κ3) is 1.98. The summed E-state index contributed by atoms with van der Waals surface area (Å²) >= 11 is 0. The van der Waals surface area contributed by atoms with Gasteiger partial charge in [-0.2, -0.15) is 9.40 Å². The Bertz CT molecular complexity index is 428. The van der Waals surface area contributed by atoms with Crippen LogP contribution in [0.1, 0.15) is 19.3 Å². The molecule has 1 unspecified atom stereocenters. The number of H-pyrrole nitrogens is 1. The van der Waals surface area contributed by atoms with Crippen LogP contribution >= 0.6 is 0 Å². The van der Waals surface area contributed by atoms with Crippen molar-refractivity contribution in [3.63, 3.8) is 0 Å². The Morgan fingerprint density at radius 1 is 1.56 bits per heavy atom. The van der Waals surface area contributed by atoms with Gasteiger partial charge in [-0.25, -0.2) is 8.42 Å². The summed E-state index contributed by atoms with van der Waals surface area (Å²) in [5.41, 5.74) is 5.61. The van der Waals surface area contributed by atoms with Gasteiger partial charge in [0.25, 0.3) is 10.0 Å². The van der Waals surface area contributed by atoms with Crippen molar-refractivity contribution in [3.8, 4) is 0 Å². The molecule has 2 rings (SSSR count). The van der Waals surface area contributed by atoms with Crippen LogP contribution in [-0.4, -0.2) is 42.1 Å². The van der Waals surface area contributed by atoms with E-state index < -0.39 is 10.0 Å². The first kappa shape index (κ1) is 11.6. The summed E-state index contributed by atoms with van der Waals surface area (Å²) in [7, 11) is -3.44. The van der Waals surface area contributed by atoms with Gasteiger partial charge >= 0.3 is 0 Å². The molecule has 0 amide bonds. The summed E-state index contributed by atoms with van der Waals surface area (Å²) in [6.45, 7) is 0.913. The topological polar surface area (TPSA) is 92.1 Å². The number of nitrogens with one attached hydrogen (secondary N) is 1. The number of hydrogen-bond donors (Lipinski definition) is 2. The summed E-state index contributed by atoms with van der Waals surface area (Å²) in [5.74, 6) is 0. The van der Waals surface area contributed by atoms with Gasteiger partial charge in [0.05, 0.1) is 6.20 Å². The molecule has 0 aliphatic carbocycles. The quantitative estimate of drug-likeness (QED) is 0.777. The molecular weight excluding hydrogens is 228 g/mol. The number of piperidine rings is 1. The lowest BCUT2D eigenvalue weighted by Crippen LogP contribution is -2.47. The first-order valence-corrected chi connectivity index (χ1v) is 6.81. The van der Waals surface area contributed by atoms with Gasteiger partial charge in [-0.05, 0) is 18.9 Å². The van der Waals surface area contributed by atoms with Gasteiger partial charge in [-0.3, -0.25) is 5.10 Å². The predicted octanol–water partition coefficient (Wildman–Crippen LogP) is -0.0884. The molecule has 0 radical (unpaired) electrons. The highest BCUT2D eigenvalue weighted by atomic mass is 32.2. The fraction of sp³-hybridized carbons (Fsp3) is 0.667. The molecule has 1 aromatic rings. The molecule has 0 spiro atoms. The van der Waals surface area contributed by atoms with Gasteiger partial charge in [0.1, 0.15) is 0 Å². The lowest BCUT2D eigenvalue weighted by molar-refractivity contribution is 0.257. The monoisotopic (exact) mass is 244 g/mol. The van der Waals surface area contributed by atoms with Crippen molar-refractivity contribution in [1.82, 2.24) is 14.5 Å². The van der Waals surface area contributed by atoms with Gasteiger partial charge in [0.15, 0.2) is 5.03 Å². The fourth-order valence-corrected chi connectivity index (χ4v) is 3.65. The van der Waals surface area contributed by atoms with Gasteiger partial charge in [-0.15, -0.1) is 0 Å². The maximum Gasteiger partial charge on any atom is 0.260 e. The molecule has 1 saturated heterocycles. The van der Waals surface area contributed by atoms with Crippen molar-refractivity contribution in [2.45, 2.75) is 30.3 Å². The van der Waals surface area contributed by atoms with E-state index in [9.17, 15) is 8.42 Å². The van der Waals surface area contributed by atoms with E-state index in [1.165, 1.54) is 16.6 Å². The number of aromatic nitrogens is 2. The number of sulfonamides is 1. The molecule has 1 aromatic heterocycles. The molecule has 0 saturated carbocycles. The number of aromatic amines is 1. The second-order valence-electron chi connectivity index (χ2n) is 3.92. The van der Waals surface area contributed by atoms with Gasteiger partial charge in [0.2, 0.25) is 0 Å². The van der Waals surface area contributed by atoms with Crippen LogP contribution in [-0.2, 0) is 10.0 Å². The van der Waals surface area contributed by atoms with E-state index in [1.54, 1.807) is 0 Å². The zero-order chi connectivity index (χ0) is 11.6. The van der Waals surface area contributed by atoms with E-state index in [0.717, 1.165) is 19.3 Å². The van der Waals surface area contributed by atoms with E-state index in [4.69, 9.17) is 5.73 Å². The normalized spacial score (nSPS) is 23.4. The second-order valence-corrected chi connectivity index (χ2v) is 5.78. The summed E-state index contributed by atoms with van der Waals surface area (Å²) in [5, 5.41) is 6.32. The third-order valence-electron chi connectivity index (χ3n) is 2.91. The molecule has 2 heterocycles. The highest BCUT2D eigenvalue weighted by Gasteiger charge is 2.33. The standard InChI is InChI=1S/C9H16N4O2S/c10-7-8-3-1-2-6-13(8)16(14,15)9-4-5-11-12-9/h4-5,8H,1-3,6-7,10H2,(H,11,12). The highest BCUT2D eigenvalue weighted by molar-refractivity contribution is 7.89. The van der Waals surface area contributed by atoms with Gasteiger partial charge in [0, 0.05) is 19.1 Å². The largest absolute Gasteiger partial charge is 0.329 e. The van der Waals surface area contributed by atoms with E-state index in [-0.39, 0.29) is 11.1 Å². The van der Waals surface area contributed by atoms with Gasteiger partial charge in [-0.1, -0.05) is 6.42 Å². The van der Waals surface area contributed by atoms with Crippen LogP contribution in [0, 0.1) is 0 Å². The molecule has 7 heteroatoms. The second kappa shape index (κ2) is 4.52. The molecule has 16 heavy (non-hydrogen) atoms.